The molecule has 3 nitrogen and oxygen atoms in total. The molecule has 10 heavy (non-hydrogen) atoms. The SMILES string of the molecule is CPC.OCC(CO)CO. The zero-order valence-corrected chi connectivity index (χ0v) is 7.54. The molecular formula is C6H17O3P. The van der Waals surface area contributed by atoms with Crippen LogP contribution in [0.15, 0.2) is 0 Å². The lowest BCUT2D eigenvalue weighted by Gasteiger charge is -2.02. The molecule has 0 rings (SSSR count). The second-order valence-corrected chi connectivity index (χ2v) is 2.91. The normalized spacial score (nSPS) is 9.00. The molecule has 0 aromatic rings. The minimum absolute atomic E-state index is 0.146. The number of hydrogen-bond acceptors (Lipinski definition) is 3. The topological polar surface area (TPSA) is 60.7 Å². The Labute approximate surface area is 63.9 Å². The largest absolute Gasteiger partial charge is 0.396 e. The third-order valence-corrected chi connectivity index (χ3v) is 0.775. The van der Waals surface area contributed by atoms with Gasteiger partial charge in [0.1, 0.15) is 0 Å². The summed E-state index contributed by atoms with van der Waals surface area (Å²) in [7, 11) is 1.08. The fourth-order valence-corrected chi connectivity index (χ4v) is 0.173. The van der Waals surface area contributed by atoms with Gasteiger partial charge in [0.2, 0.25) is 0 Å². The highest BCUT2D eigenvalue weighted by Gasteiger charge is 2.00. The second-order valence-electron chi connectivity index (χ2n) is 1.91. The summed E-state index contributed by atoms with van der Waals surface area (Å²) in [5, 5.41) is 24.6. The summed E-state index contributed by atoms with van der Waals surface area (Å²) >= 11 is 0. The van der Waals surface area contributed by atoms with Crippen LogP contribution >= 0.6 is 8.58 Å². The van der Waals surface area contributed by atoms with E-state index in [0.717, 1.165) is 8.58 Å². The van der Waals surface area contributed by atoms with E-state index >= 15 is 0 Å². The third-order valence-electron chi connectivity index (χ3n) is 0.775. The third kappa shape index (κ3) is 11.2. The lowest BCUT2D eigenvalue weighted by molar-refractivity contribution is 0.0969. The molecule has 4 heteroatoms. The molecule has 0 aliphatic rings. The molecule has 0 aromatic carbocycles. The van der Waals surface area contributed by atoms with Crippen molar-refractivity contribution in [2.45, 2.75) is 0 Å². The molecule has 0 aliphatic heterocycles. The molecule has 0 radical (unpaired) electrons. The van der Waals surface area contributed by atoms with Crippen LogP contribution < -0.4 is 0 Å². The van der Waals surface area contributed by atoms with Crippen molar-refractivity contribution in [2.75, 3.05) is 33.2 Å². The Hall–Kier alpha value is 0.310. The maximum Gasteiger partial charge on any atom is 0.0503 e. The van der Waals surface area contributed by atoms with E-state index in [1.165, 1.54) is 0 Å². The van der Waals surface area contributed by atoms with E-state index in [9.17, 15) is 0 Å². The molecule has 0 heterocycles. The minimum atomic E-state index is -0.347. The summed E-state index contributed by atoms with van der Waals surface area (Å²) in [6.45, 7) is 3.87. The van der Waals surface area contributed by atoms with Crippen LogP contribution in [0.2, 0.25) is 0 Å². The first-order chi connectivity index (χ1) is 4.76. The maximum absolute atomic E-state index is 8.21. The van der Waals surface area contributed by atoms with Crippen LogP contribution in [0.5, 0.6) is 0 Å². The molecule has 0 aliphatic carbocycles. The van der Waals surface area contributed by atoms with Crippen molar-refractivity contribution >= 4 is 8.58 Å². The molecule has 0 unspecified atom stereocenters. The Morgan fingerprint density at radius 1 is 1.00 bits per heavy atom. The van der Waals surface area contributed by atoms with Gasteiger partial charge in [0.05, 0.1) is 19.8 Å². The predicted molar refractivity (Wildman–Crippen MR) is 44.9 cm³/mol. The maximum atomic E-state index is 8.21. The molecule has 0 bridgehead atoms. The summed E-state index contributed by atoms with van der Waals surface area (Å²) in [6.07, 6.45) is 0. The molecule has 64 valence electrons. The highest BCUT2D eigenvalue weighted by molar-refractivity contribution is 7.35. The number of aliphatic hydroxyl groups excluding tert-OH is 3. The first-order valence-electron chi connectivity index (χ1n) is 3.17. The molecule has 3 N–H and O–H groups in total. The molecule has 0 saturated heterocycles. The van der Waals surface area contributed by atoms with Gasteiger partial charge in [-0.05, 0) is 13.3 Å². The Kier molecular flexibility index (Phi) is 15.6. The summed E-state index contributed by atoms with van der Waals surface area (Å²) in [5.41, 5.74) is 0. The van der Waals surface area contributed by atoms with E-state index < -0.39 is 0 Å². The van der Waals surface area contributed by atoms with Gasteiger partial charge in [-0.3, -0.25) is 0 Å². The van der Waals surface area contributed by atoms with Crippen LogP contribution in [0.4, 0.5) is 0 Å². The van der Waals surface area contributed by atoms with Crippen molar-refractivity contribution in [3.63, 3.8) is 0 Å². The van der Waals surface area contributed by atoms with E-state index in [4.69, 9.17) is 15.3 Å². The van der Waals surface area contributed by atoms with E-state index in [1.54, 1.807) is 0 Å². The number of aliphatic hydroxyl groups is 3. The van der Waals surface area contributed by atoms with Crippen molar-refractivity contribution in [1.29, 1.82) is 0 Å². The van der Waals surface area contributed by atoms with Crippen molar-refractivity contribution in [3.8, 4) is 0 Å². The van der Waals surface area contributed by atoms with Crippen LogP contribution in [0.3, 0.4) is 0 Å². The van der Waals surface area contributed by atoms with Gasteiger partial charge in [-0.1, -0.05) is 0 Å². The van der Waals surface area contributed by atoms with Crippen molar-refractivity contribution in [2.24, 2.45) is 5.92 Å². The van der Waals surface area contributed by atoms with Gasteiger partial charge in [0.15, 0.2) is 0 Å². The van der Waals surface area contributed by atoms with Crippen molar-refractivity contribution in [3.05, 3.63) is 0 Å². The zero-order valence-electron chi connectivity index (χ0n) is 6.54. The lowest BCUT2D eigenvalue weighted by atomic mass is 10.2. The van der Waals surface area contributed by atoms with Crippen LogP contribution in [-0.2, 0) is 0 Å². The summed E-state index contributed by atoms with van der Waals surface area (Å²) < 4.78 is 0. The fourth-order valence-electron chi connectivity index (χ4n) is 0.173. The molecule has 0 atom stereocenters. The Bertz CT molecular complexity index is 42.7. The number of hydrogen-bond donors (Lipinski definition) is 3. The summed E-state index contributed by atoms with van der Waals surface area (Å²) in [5.74, 6) is -0.347. The van der Waals surface area contributed by atoms with Gasteiger partial charge in [0, 0.05) is 5.92 Å². The van der Waals surface area contributed by atoms with Gasteiger partial charge in [-0.15, -0.1) is 8.58 Å². The summed E-state index contributed by atoms with van der Waals surface area (Å²) in [4.78, 5) is 0. The average molecular weight is 168 g/mol. The molecule has 0 saturated carbocycles. The monoisotopic (exact) mass is 168 g/mol. The fraction of sp³-hybridized carbons (Fsp3) is 1.00. The van der Waals surface area contributed by atoms with E-state index in [-0.39, 0.29) is 25.7 Å². The van der Waals surface area contributed by atoms with Gasteiger partial charge in [0.25, 0.3) is 0 Å². The van der Waals surface area contributed by atoms with Gasteiger partial charge in [-0.25, -0.2) is 0 Å². The summed E-state index contributed by atoms with van der Waals surface area (Å²) in [6, 6.07) is 0. The molecule has 0 aromatic heterocycles. The van der Waals surface area contributed by atoms with Crippen molar-refractivity contribution in [1.82, 2.24) is 0 Å². The van der Waals surface area contributed by atoms with Crippen LogP contribution in [0.1, 0.15) is 0 Å². The molecular weight excluding hydrogens is 151 g/mol. The van der Waals surface area contributed by atoms with Crippen LogP contribution in [-0.4, -0.2) is 48.5 Å². The highest BCUT2D eigenvalue weighted by Crippen LogP contribution is 1.87. The van der Waals surface area contributed by atoms with Gasteiger partial charge < -0.3 is 15.3 Å². The lowest BCUT2D eigenvalue weighted by Crippen LogP contribution is -2.14. The molecule has 0 fully saturated rings. The van der Waals surface area contributed by atoms with E-state index in [1.807, 2.05) is 0 Å². The molecule has 0 spiro atoms. The zero-order chi connectivity index (χ0) is 8.41. The Morgan fingerprint density at radius 3 is 1.20 bits per heavy atom. The average Bonchev–Trinajstić information content (AvgIpc) is 1.93. The minimum Gasteiger partial charge on any atom is -0.396 e. The molecule has 0 amide bonds. The van der Waals surface area contributed by atoms with Crippen LogP contribution in [0.25, 0.3) is 0 Å². The number of rotatable bonds is 3. The van der Waals surface area contributed by atoms with Gasteiger partial charge >= 0.3 is 0 Å². The Balaban J connectivity index is 0. The van der Waals surface area contributed by atoms with Crippen molar-refractivity contribution < 1.29 is 15.3 Å². The quantitative estimate of drug-likeness (QED) is 0.498. The van der Waals surface area contributed by atoms with E-state index in [2.05, 4.69) is 13.3 Å². The smallest absolute Gasteiger partial charge is 0.0503 e. The first-order valence-corrected chi connectivity index (χ1v) is 5.17. The first kappa shape index (κ1) is 12.9. The Morgan fingerprint density at radius 2 is 1.20 bits per heavy atom. The van der Waals surface area contributed by atoms with E-state index in [0.29, 0.717) is 0 Å². The van der Waals surface area contributed by atoms with Crippen LogP contribution in [0, 0.1) is 5.92 Å². The van der Waals surface area contributed by atoms with Gasteiger partial charge in [-0.2, -0.15) is 0 Å². The predicted octanol–water partition coefficient (Wildman–Crippen LogP) is -0.496. The highest BCUT2D eigenvalue weighted by atomic mass is 31.1. The standard InChI is InChI=1S/C4H10O3.C2H7P/c5-1-4(2-6)3-7;1-3-2/h4-7H,1-3H2;3H,1-2H3. The second kappa shape index (κ2) is 12.0.